The number of nitrogens with zero attached hydrogens (tertiary/aromatic N) is 1. The van der Waals surface area contributed by atoms with Gasteiger partial charge in [-0.25, -0.2) is 0 Å². The number of nitrogens with two attached hydrogens (primary N) is 1. The summed E-state index contributed by atoms with van der Waals surface area (Å²) in [5.41, 5.74) is 8.56. The van der Waals surface area contributed by atoms with E-state index in [1.54, 1.807) is 18.3 Å². The molecule has 0 saturated heterocycles. The van der Waals surface area contributed by atoms with E-state index in [4.69, 9.17) is 10.8 Å². The summed E-state index contributed by atoms with van der Waals surface area (Å²) in [5.74, 6) is 0.263. The fourth-order valence-corrected chi connectivity index (χ4v) is 1.59. The van der Waals surface area contributed by atoms with Crippen LogP contribution in [0.25, 0.3) is 0 Å². The van der Waals surface area contributed by atoms with Crippen LogP contribution in [0.1, 0.15) is 11.3 Å². The van der Waals surface area contributed by atoms with Crippen molar-refractivity contribution >= 4 is 5.69 Å². The highest BCUT2D eigenvalue weighted by atomic mass is 16.3. The van der Waals surface area contributed by atoms with Crippen molar-refractivity contribution in [2.24, 2.45) is 5.73 Å². The van der Waals surface area contributed by atoms with Crippen molar-refractivity contribution in [3.63, 3.8) is 0 Å². The third kappa shape index (κ3) is 2.95. The first-order valence-electron chi connectivity index (χ1n) is 5.45. The van der Waals surface area contributed by atoms with Gasteiger partial charge in [0, 0.05) is 25.0 Å². The Balaban J connectivity index is 2.04. The topological polar surface area (TPSA) is 71.2 Å². The Kier molecular flexibility index (Phi) is 3.57. The van der Waals surface area contributed by atoms with E-state index >= 15 is 0 Å². The summed E-state index contributed by atoms with van der Waals surface area (Å²) in [4.78, 5) is 4.22. The zero-order valence-corrected chi connectivity index (χ0v) is 9.43. The number of aromatic nitrogens is 1. The molecule has 0 bridgehead atoms. The quantitative estimate of drug-likeness (QED) is 0.700. The molecule has 1 aromatic heterocycles. The number of rotatable bonds is 4. The average molecular weight is 229 g/mol. The first-order chi connectivity index (χ1) is 8.29. The van der Waals surface area contributed by atoms with Crippen LogP contribution in [-0.2, 0) is 13.1 Å². The normalized spacial score (nSPS) is 10.2. The maximum atomic E-state index is 9.17. The van der Waals surface area contributed by atoms with Crippen molar-refractivity contribution in [3.8, 4) is 5.75 Å². The first kappa shape index (κ1) is 11.4. The lowest BCUT2D eigenvalue weighted by atomic mass is 10.2. The van der Waals surface area contributed by atoms with Gasteiger partial charge < -0.3 is 16.2 Å². The molecule has 0 aliphatic rings. The predicted octanol–water partition coefficient (Wildman–Crippen LogP) is 1.86. The van der Waals surface area contributed by atoms with Crippen LogP contribution in [-0.4, -0.2) is 10.1 Å². The van der Waals surface area contributed by atoms with E-state index in [0.29, 0.717) is 13.1 Å². The van der Waals surface area contributed by atoms with Crippen LogP contribution >= 0.6 is 0 Å². The van der Waals surface area contributed by atoms with Gasteiger partial charge >= 0.3 is 0 Å². The summed E-state index contributed by atoms with van der Waals surface area (Å²) in [6, 6.07) is 10.8. The van der Waals surface area contributed by atoms with Gasteiger partial charge in [0.1, 0.15) is 5.75 Å². The monoisotopic (exact) mass is 229 g/mol. The van der Waals surface area contributed by atoms with E-state index in [1.807, 2.05) is 24.3 Å². The average Bonchev–Trinajstić information content (AvgIpc) is 2.38. The third-order valence-electron chi connectivity index (χ3n) is 2.53. The SMILES string of the molecule is NCc1ncccc1CNc1ccc(O)cc1. The number of aromatic hydroxyl groups is 1. The molecular weight excluding hydrogens is 214 g/mol. The second-order valence-electron chi connectivity index (χ2n) is 3.71. The molecule has 2 rings (SSSR count). The molecule has 4 N–H and O–H groups in total. The summed E-state index contributed by atoms with van der Waals surface area (Å²) in [6.07, 6.45) is 1.74. The second kappa shape index (κ2) is 5.32. The number of hydrogen-bond donors (Lipinski definition) is 3. The van der Waals surface area contributed by atoms with Gasteiger partial charge in [0.2, 0.25) is 0 Å². The molecule has 0 unspecified atom stereocenters. The van der Waals surface area contributed by atoms with Crippen LogP contribution in [0.2, 0.25) is 0 Å². The molecule has 0 atom stereocenters. The smallest absolute Gasteiger partial charge is 0.115 e. The van der Waals surface area contributed by atoms with Gasteiger partial charge in [-0.2, -0.15) is 0 Å². The van der Waals surface area contributed by atoms with Gasteiger partial charge in [-0.1, -0.05) is 6.07 Å². The Morgan fingerprint density at radius 2 is 1.94 bits per heavy atom. The lowest BCUT2D eigenvalue weighted by Crippen LogP contribution is -2.08. The van der Waals surface area contributed by atoms with Crippen LogP contribution in [0, 0.1) is 0 Å². The summed E-state index contributed by atoms with van der Waals surface area (Å²) in [6.45, 7) is 1.11. The van der Waals surface area contributed by atoms with Crippen molar-refractivity contribution in [1.29, 1.82) is 0 Å². The summed E-state index contributed by atoms with van der Waals surface area (Å²) in [5, 5.41) is 12.4. The molecule has 0 aliphatic heterocycles. The van der Waals surface area contributed by atoms with Gasteiger partial charge in [0.05, 0.1) is 5.69 Å². The zero-order chi connectivity index (χ0) is 12.1. The van der Waals surface area contributed by atoms with Crippen LogP contribution < -0.4 is 11.1 Å². The van der Waals surface area contributed by atoms with E-state index in [9.17, 15) is 0 Å². The maximum Gasteiger partial charge on any atom is 0.115 e. The van der Waals surface area contributed by atoms with Crippen molar-refractivity contribution in [2.75, 3.05) is 5.32 Å². The largest absolute Gasteiger partial charge is 0.508 e. The van der Waals surface area contributed by atoms with Crippen LogP contribution in [0.3, 0.4) is 0 Å². The highest BCUT2D eigenvalue weighted by Crippen LogP contribution is 2.15. The van der Waals surface area contributed by atoms with Crippen molar-refractivity contribution in [2.45, 2.75) is 13.1 Å². The Bertz CT molecular complexity index is 482. The Morgan fingerprint density at radius 3 is 2.65 bits per heavy atom. The standard InChI is InChI=1S/C13H15N3O/c14-8-13-10(2-1-7-15-13)9-16-11-3-5-12(17)6-4-11/h1-7,16-17H,8-9,14H2. The minimum absolute atomic E-state index is 0.263. The lowest BCUT2D eigenvalue weighted by molar-refractivity contribution is 0.475. The Labute approximate surface area is 100 Å². The lowest BCUT2D eigenvalue weighted by Gasteiger charge is -2.09. The van der Waals surface area contributed by atoms with E-state index < -0.39 is 0 Å². The molecule has 0 amide bonds. The second-order valence-corrected chi connectivity index (χ2v) is 3.71. The molecular formula is C13H15N3O. The summed E-state index contributed by atoms with van der Waals surface area (Å²) >= 11 is 0. The van der Waals surface area contributed by atoms with Crippen LogP contribution in [0.5, 0.6) is 5.75 Å². The number of hydrogen-bond acceptors (Lipinski definition) is 4. The number of phenolic OH excluding ortho intramolecular Hbond substituents is 1. The zero-order valence-electron chi connectivity index (χ0n) is 9.43. The van der Waals surface area contributed by atoms with Crippen molar-refractivity contribution < 1.29 is 5.11 Å². The Hall–Kier alpha value is -2.07. The molecule has 0 saturated carbocycles. The molecule has 4 heteroatoms. The third-order valence-corrected chi connectivity index (χ3v) is 2.53. The van der Waals surface area contributed by atoms with Gasteiger partial charge in [-0.15, -0.1) is 0 Å². The minimum Gasteiger partial charge on any atom is -0.508 e. The maximum absolute atomic E-state index is 9.17. The number of nitrogens with one attached hydrogen (secondary N) is 1. The molecule has 1 heterocycles. The summed E-state index contributed by atoms with van der Waals surface area (Å²) < 4.78 is 0. The molecule has 2 aromatic rings. The van der Waals surface area contributed by atoms with Crippen molar-refractivity contribution in [3.05, 3.63) is 53.9 Å². The number of pyridine rings is 1. The van der Waals surface area contributed by atoms with E-state index in [2.05, 4.69) is 10.3 Å². The molecule has 0 fully saturated rings. The van der Waals surface area contributed by atoms with Crippen LogP contribution in [0.15, 0.2) is 42.6 Å². The number of benzene rings is 1. The highest BCUT2D eigenvalue weighted by molar-refractivity contribution is 5.46. The Morgan fingerprint density at radius 1 is 1.18 bits per heavy atom. The molecule has 88 valence electrons. The van der Waals surface area contributed by atoms with Gasteiger partial charge in [0.25, 0.3) is 0 Å². The number of anilines is 1. The highest BCUT2D eigenvalue weighted by Gasteiger charge is 2.01. The molecule has 0 radical (unpaired) electrons. The molecule has 17 heavy (non-hydrogen) atoms. The van der Waals surface area contributed by atoms with Crippen molar-refractivity contribution in [1.82, 2.24) is 4.98 Å². The molecule has 4 nitrogen and oxygen atoms in total. The molecule has 1 aromatic carbocycles. The molecule has 0 spiro atoms. The fraction of sp³-hybridized carbons (Fsp3) is 0.154. The predicted molar refractivity (Wildman–Crippen MR) is 67.6 cm³/mol. The van der Waals surface area contributed by atoms with Gasteiger partial charge in [0.15, 0.2) is 0 Å². The minimum atomic E-state index is 0.263. The first-order valence-corrected chi connectivity index (χ1v) is 5.45. The molecule has 0 aliphatic carbocycles. The fourth-order valence-electron chi connectivity index (χ4n) is 1.59. The van der Waals surface area contributed by atoms with Crippen LogP contribution in [0.4, 0.5) is 5.69 Å². The van der Waals surface area contributed by atoms with E-state index in [1.165, 1.54) is 0 Å². The van der Waals surface area contributed by atoms with Gasteiger partial charge in [-0.05, 0) is 35.9 Å². The van der Waals surface area contributed by atoms with Gasteiger partial charge in [-0.3, -0.25) is 4.98 Å². The summed E-state index contributed by atoms with van der Waals surface area (Å²) in [7, 11) is 0. The van der Waals surface area contributed by atoms with E-state index in [-0.39, 0.29) is 5.75 Å². The van der Waals surface area contributed by atoms with E-state index in [0.717, 1.165) is 16.9 Å². The number of phenols is 1.